The van der Waals surface area contributed by atoms with Gasteiger partial charge in [-0.15, -0.1) is 16.4 Å². The van der Waals surface area contributed by atoms with Gasteiger partial charge in [0.1, 0.15) is 45.1 Å². The van der Waals surface area contributed by atoms with Crippen molar-refractivity contribution in [1.29, 1.82) is 0 Å². The van der Waals surface area contributed by atoms with Crippen molar-refractivity contribution in [3.05, 3.63) is 151 Å². The van der Waals surface area contributed by atoms with Crippen LogP contribution in [-0.2, 0) is 5.41 Å². The minimum absolute atomic E-state index is 0.0970. The lowest BCUT2D eigenvalue weighted by Crippen LogP contribution is -2.55. The van der Waals surface area contributed by atoms with Gasteiger partial charge >= 0.3 is 0 Å². The number of imidazole rings is 1. The molecular weight excluding hydrogens is 659 g/mol. The van der Waals surface area contributed by atoms with E-state index in [1.165, 1.54) is 60.5 Å². The molecule has 0 fully saturated rings. The third-order valence-corrected chi connectivity index (χ3v) is 11.7. The molecule has 0 bridgehead atoms. The van der Waals surface area contributed by atoms with Gasteiger partial charge in [0.2, 0.25) is 0 Å². The summed E-state index contributed by atoms with van der Waals surface area (Å²) in [6.45, 7) is 4.68. The van der Waals surface area contributed by atoms with Crippen LogP contribution in [0, 0.1) is 0 Å². The molecule has 7 heteroatoms. The van der Waals surface area contributed by atoms with E-state index in [0.29, 0.717) is 11.4 Å². The molecule has 0 N–H and O–H groups in total. The van der Waals surface area contributed by atoms with Crippen LogP contribution in [0.5, 0.6) is 0 Å². The highest BCUT2D eigenvalue weighted by Gasteiger charge is 2.35. The van der Waals surface area contributed by atoms with Crippen molar-refractivity contribution in [2.45, 2.75) is 19.3 Å². The third kappa shape index (κ3) is 4.85. The summed E-state index contributed by atoms with van der Waals surface area (Å²) in [6, 6.07) is 49.9. The molecule has 0 unspecified atom stereocenters. The first kappa shape index (κ1) is 33.6. The predicted octanol–water partition coefficient (Wildman–Crippen LogP) is 6.61. The molecule has 0 saturated heterocycles. The van der Waals surface area contributed by atoms with Gasteiger partial charge in [0.25, 0.3) is 0 Å². The molecule has 1 aliphatic rings. The normalized spacial score (nSPS) is 13.1. The second-order valence-corrected chi connectivity index (χ2v) is 15.0. The molecule has 0 amide bonds. The summed E-state index contributed by atoms with van der Waals surface area (Å²) in [5.74, 6) is 0.531. The molecule has 8 aromatic carbocycles. The van der Waals surface area contributed by atoms with Crippen LogP contribution in [0.2, 0.25) is 0 Å². The molecule has 0 aliphatic heterocycles. The van der Waals surface area contributed by atoms with Gasteiger partial charge in [0, 0.05) is 16.7 Å². The zero-order valence-corrected chi connectivity index (χ0v) is 30.6. The zero-order chi connectivity index (χ0) is 37.7. The van der Waals surface area contributed by atoms with Crippen molar-refractivity contribution >= 4 is 99.1 Å². The molecule has 10 radical (unpaired) electrons. The third-order valence-electron chi connectivity index (χ3n) is 11.7. The van der Waals surface area contributed by atoms with Gasteiger partial charge < -0.3 is 0 Å². The van der Waals surface area contributed by atoms with E-state index < -0.39 is 0 Å². The standard InChI is InChI=1S/C48H29B5N2/c1-48(2)35-16-8-7-11-29(35)30-24-21-27(25-36(30)48)40-33-14-5-3-12-31(33)39(32-13-4-6-15-34(32)40)26-19-22-28(23-20-26)55-38-18-10-9-17-37(38)54-47(55)41-42(49)44(51)46(53)45(52)43(41)50/h3-25H,1-2H3. The number of hydrogen-bond donors (Lipinski definition) is 0. The molecule has 0 saturated carbocycles. The molecule has 9 aromatic rings. The minimum Gasteiger partial charge on any atom is -0.292 e. The summed E-state index contributed by atoms with van der Waals surface area (Å²) in [7, 11) is 32.0. The Morgan fingerprint density at radius 3 is 1.58 bits per heavy atom. The fourth-order valence-electron chi connectivity index (χ4n) is 8.93. The van der Waals surface area contributed by atoms with E-state index in [0.717, 1.165) is 22.3 Å². The predicted molar refractivity (Wildman–Crippen MR) is 237 cm³/mol. The zero-order valence-electron chi connectivity index (χ0n) is 30.6. The fourth-order valence-corrected chi connectivity index (χ4v) is 8.93. The van der Waals surface area contributed by atoms with E-state index in [2.05, 4.69) is 129 Å². The van der Waals surface area contributed by atoms with Crippen LogP contribution in [0.4, 0.5) is 0 Å². The Balaban J connectivity index is 1.16. The Bertz CT molecular complexity index is 2980. The van der Waals surface area contributed by atoms with E-state index >= 15 is 0 Å². The first-order valence-electron chi connectivity index (χ1n) is 18.4. The molecule has 0 atom stereocenters. The maximum atomic E-state index is 6.58. The first-order valence-corrected chi connectivity index (χ1v) is 18.4. The van der Waals surface area contributed by atoms with Crippen molar-refractivity contribution in [2.75, 3.05) is 0 Å². The van der Waals surface area contributed by atoms with Crippen LogP contribution in [0.25, 0.3) is 83.0 Å². The van der Waals surface area contributed by atoms with Crippen LogP contribution >= 0.6 is 0 Å². The van der Waals surface area contributed by atoms with Gasteiger partial charge in [0.05, 0.1) is 11.0 Å². The number of fused-ring (bicyclic) bond motifs is 6. The molecule has 246 valence electrons. The van der Waals surface area contributed by atoms with Gasteiger partial charge in [-0.25, -0.2) is 4.98 Å². The summed E-state index contributed by atoms with van der Waals surface area (Å²) >= 11 is 0. The summed E-state index contributed by atoms with van der Waals surface area (Å²) in [5.41, 5.74) is 14.0. The number of rotatable bonds is 4. The highest BCUT2D eigenvalue weighted by molar-refractivity contribution is 6.68. The Kier molecular flexibility index (Phi) is 7.52. The molecule has 55 heavy (non-hydrogen) atoms. The van der Waals surface area contributed by atoms with Gasteiger partial charge in [0.15, 0.2) is 0 Å². The van der Waals surface area contributed by atoms with Crippen LogP contribution < -0.4 is 27.3 Å². The van der Waals surface area contributed by atoms with Crippen molar-refractivity contribution in [3.8, 4) is 50.5 Å². The quantitative estimate of drug-likeness (QED) is 0.151. The Morgan fingerprint density at radius 1 is 0.455 bits per heavy atom. The van der Waals surface area contributed by atoms with Crippen molar-refractivity contribution < 1.29 is 0 Å². The summed E-state index contributed by atoms with van der Waals surface area (Å²) in [4.78, 5) is 4.99. The Labute approximate surface area is 327 Å². The number of nitrogens with zero attached hydrogens (tertiary/aromatic N) is 2. The lowest BCUT2D eigenvalue weighted by molar-refractivity contribution is 0.660. The van der Waals surface area contributed by atoms with Gasteiger partial charge in [-0.2, -0.15) is 0 Å². The molecule has 1 aromatic heterocycles. The highest BCUT2D eigenvalue weighted by Crippen LogP contribution is 2.51. The van der Waals surface area contributed by atoms with Crippen molar-refractivity contribution in [3.63, 3.8) is 0 Å². The minimum atomic E-state index is -0.0970. The van der Waals surface area contributed by atoms with Crippen molar-refractivity contribution in [2.24, 2.45) is 0 Å². The van der Waals surface area contributed by atoms with Crippen LogP contribution in [0.3, 0.4) is 0 Å². The van der Waals surface area contributed by atoms with Crippen LogP contribution in [-0.4, -0.2) is 48.8 Å². The largest absolute Gasteiger partial charge is 0.292 e. The summed E-state index contributed by atoms with van der Waals surface area (Å²) in [6.07, 6.45) is 0. The average molecular weight is 688 g/mol. The Hall–Kier alpha value is -5.93. The second kappa shape index (κ2) is 12.3. The van der Waals surface area contributed by atoms with Gasteiger partial charge in [-0.05, 0) is 96.4 Å². The Morgan fingerprint density at radius 2 is 0.945 bits per heavy atom. The van der Waals surface area contributed by atoms with Crippen LogP contribution in [0.15, 0.2) is 140 Å². The van der Waals surface area contributed by atoms with E-state index in [1.807, 2.05) is 28.8 Å². The van der Waals surface area contributed by atoms with Crippen LogP contribution in [0.1, 0.15) is 25.0 Å². The highest BCUT2D eigenvalue weighted by atomic mass is 15.1. The summed E-state index contributed by atoms with van der Waals surface area (Å²) in [5, 5.41) is 4.80. The van der Waals surface area contributed by atoms with Gasteiger partial charge in [-0.1, -0.05) is 134 Å². The van der Waals surface area contributed by atoms with E-state index in [9.17, 15) is 0 Å². The maximum absolute atomic E-state index is 6.58. The fraction of sp³-hybridized carbons (Fsp3) is 0.0625. The lowest BCUT2D eigenvalue weighted by atomic mass is 9.60. The second-order valence-electron chi connectivity index (χ2n) is 15.0. The molecular formula is C48H29B5N2. The number of aromatic nitrogens is 2. The maximum Gasteiger partial charge on any atom is 0.144 e. The number of para-hydroxylation sites is 2. The van der Waals surface area contributed by atoms with E-state index in [-0.39, 0.29) is 32.7 Å². The topological polar surface area (TPSA) is 17.8 Å². The van der Waals surface area contributed by atoms with E-state index in [1.54, 1.807) is 0 Å². The first-order chi connectivity index (χ1) is 26.6. The molecule has 1 heterocycles. The van der Waals surface area contributed by atoms with Gasteiger partial charge in [-0.3, -0.25) is 4.57 Å². The molecule has 1 aliphatic carbocycles. The average Bonchev–Trinajstić information content (AvgIpc) is 3.70. The smallest absolute Gasteiger partial charge is 0.144 e. The molecule has 10 rings (SSSR count). The number of hydrogen-bond acceptors (Lipinski definition) is 1. The monoisotopic (exact) mass is 688 g/mol. The number of benzene rings is 8. The summed E-state index contributed by atoms with van der Waals surface area (Å²) < 4.78 is 2.04. The SMILES string of the molecule is [B]c1c([B])c([B])c(-c2nc3ccccc3n2-c2ccc(-c3c4ccccc4c(-c4ccc5c(c4)C(C)(C)c4ccccc4-5)c4ccccc34)cc2)c([B])c1[B]. The lowest BCUT2D eigenvalue weighted by Gasteiger charge is -2.23. The molecule has 0 spiro atoms. The van der Waals surface area contributed by atoms with Crippen molar-refractivity contribution in [1.82, 2.24) is 9.55 Å². The molecule has 2 nitrogen and oxygen atoms in total. The van der Waals surface area contributed by atoms with E-state index in [4.69, 9.17) is 44.2 Å².